The second-order valence-electron chi connectivity index (χ2n) is 4.70. The van der Waals surface area contributed by atoms with Crippen LogP contribution >= 0.6 is 34.4 Å². The van der Waals surface area contributed by atoms with Gasteiger partial charge < -0.3 is 0 Å². The number of thioether (sulfide) groups is 1. The maximum absolute atomic E-state index is 2.39. The van der Waals surface area contributed by atoms with E-state index in [1.54, 1.807) is 11.1 Å². The van der Waals surface area contributed by atoms with Crippen LogP contribution in [0, 0.1) is 3.57 Å². The summed E-state index contributed by atoms with van der Waals surface area (Å²) in [5.74, 6) is 1.07. The number of hydrogen-bond acceptors (Lipinski definition) is 1. The molecule has 3 rings (SSSR count). The molecule has 2 heteroatoms. The molecule has 0 spiro atoms. The summed E-state index contributed by atoms with van der Waals surface area (Å²) in [7, 11) is 0. The molecule has 0 radical (unpaired) electrons. The molecule has 18 heavy (non-hydrogen) atoms. The van der Waals surface area contributed by atoms with Crippen LogP contribution in [0.1, 0.15) is 23.1 Å². The van der Waals surface area contributed by atoms with Crippen LogP contribution in [0.15, 0.2) is 47.4 Å². The molecule has 0 heterocycles. The van der Waals surface area contributed by atoms with Gasteiger partial charge in [0.25, 0.3) is 0 Å². The fourth-order valence-corrected chi connectivity index (χ4v) is 3.66. The van der Waals surface area contributed by atoms with E-state index in [0.29, 0.717) is 0 Å². The highest BCUT2D eigenvalue weighted by Gasteiger charge is 2.10. The van der Waals surface area contributed by atoms with Crippen LogP contribution in [0.2, 0.25) is 0 Å². The standard InChI is InChI=1S/C16H15IS/c17-15-7-4-12(5-8-15)11-18-16-9-6-13-2-1-3-14(13)10-16/h4-10H,1-3,11H2. The van der Waals surface area contributed by atoms with Crippen molar-refractivity contribution in [1.82, 2.24) is 0 Å². The fraction of sp³-hybridized carbons (Fsp3) is 0.250. The van der Waals surface area contributed by atoms with Crippen molar-refractivity contribution in [3.63, 3.8) is 0 Å². The molecule has 0 bridgehead atoms. The van der Waals surface area contributed by atoms with Crippen LogP contribution < -0.4 is 0 Å². The Morgan fingerprint density at radius 3 is 2.56 bits per heavy atom. The maximum Gasteiger partial charge on any atom is 0.0232 e. The van der Waals surface area contributed by atoms with Crippen LogP contribution in [0.4, 0.5) is 0 Å². The van der Waals surface area contributed by atoms with E-state index in [2.05, 4.69) is 65.1 Å². The summed E-state index contributed by atoms with van der Waals surface area (Å²) in [4.78, 5) is 1.41. The number of fused-ring (bicyclic) bond motifs is 1. The topological polar surface area (TPSA) is 0 Å². The Morgan fingerprint density at radius 1 is 0.944 bits per heavy atom. The molecule has 92 valence electrons. The third-order valence-corrected chi connectivity index (χ3v) is 5.17. The van der Waals surface area contributed by atoms with Gasteiger partial charge in [-0.15, -0.1) is 11.8 Å². The summed E-state index contributed by atoms with van der Waals surface area (Å²) >= 11 is 4.29. The second kappa shape index (κ2) is 5.66. The molecule has 2 aromatic carbocycles. The summed E-state index contributed by atoms with van der Waals surface area (Å²) < 4.78 is 1.30. The SMILES string of the molecule is Ic1ccc(CSc2ccc3c(c2)CCC3)cc1. The van der Waals surface area contributed by atoms with Gasteiger partial charge in [-0.05, 0) is 82.8 Å². The first kappa shape index (κ1) is 12.5. The zero-order chi connectivity index (χ0) is 12.4. The first-order chi connectivity index (χ1) is 8.81. The van der Waals surface area contributed by atoms with Gasteiger partial charge in [-0.1, -0.05) is 18.2 Å². The van der Waals surface area contributed by atoms with E-state index in [1.807, 2.05) is 11.8 Å². The van der Waals surface area contributed by atoms with Crippen molar-refractivity contribution in [2.45, 2.75) is 29.9 Å². The molecular weight excluding hydrogens is 351 g/mol. The van der Waals surface area contributed by atoms with Crippen molar-refractivity contribution in [1.29, 1.82) is 0 Å². The molecule has 0 saturated carbocycles. The quantitative estimate of drug-likeness (QED) is 0.540. The van der Waals surface area contributed by atoms with Crippen molar-refractivity contribution < 1.29 is 0 Å². The van der Waals surface area contributed by atoms with Crippen molar-refractivity contribution in [3.8, 4) is 0 Å². The molecule has 0 amide bonds. The zero-order valence-corrected chi connectivity index (χ0v) is 13.1. The van der Waals surface area contributed by atoms with E-state index < -0.39 is 0 Å². The van der Waals surface area contributed by atoms with E-state index in [-0.39, 0.29) is 0 Å². The zero-order valence-electron chi connectivity index (χ0n) is 10.2. The van der Waals surface area contributed by atoms with Crippen LogP contribution in [-0.4, -0.2) is 0 Å². The Bertz CT molecular complexity index is 546. The molecule has 1 aliphatic carbocycles. The van der Waals surface area contributed by atoms with E-state index in [4.69, 9.17) is 0 Å². The highest BCUT2D eigenvalue weighted by atomic mass is 127. The second-order valence-corrected chi connectivity index (χ2v) is 6.99. The summed E-state index contributed by atoms with van der Waals surface area (Å²) in [6.07, 6.45) is 3.88. The third-order valence-electron chi connectivity index (χ3n) is 3.39. The van der Waals surface area contributed by atoms with Gasteiger partial charge >= 0.3 is 0 Å². The molecule has 0 saturated heterocycles. The van der Waals surface area contributed by atoms with Gasteiger partial charge in [0.15, 0.2) is 0 Å². The molecule has 0 fully saturated rings. The van der Waals surface area contributed by atoms with Gasteiger partial charge in [-0.3, -0.25) is 0 Å². The van der Waals surface area contributed by atoms with Gasteiger partial charge in [0.1, 0.15) is 0 Å². The number of aryl methyl sites for hydroxylation is 2. The van der Waals surface area contributed by atoms with Gasteiger partial charge in [-0.25, -0.2) is 0 Å². The minimum Gasteiger partial charge on any atom is -0.121 e. The molecule has 1 aliphatic rings. The third kappa shape index (κ3) is 2.91. The first-order valence-electron chi connectivity index (χ1n) is 6.30. The lowest BCUT2D eigenvalue weighted by Crippen LogP contribution is -1.84. The molecule has 0 unspecified atom stereocenters. The number of rotatable bonds is 3. The lowest BCUT2D eigenvalue weighted by molar-refractivity contribution is 0.911. The molecule has 0 N–H and O–H groups in total. The molecule has 0 nitrogen and oxygen atoms in total. The van der Waals surface area contributed by atoms with Gasteiger partial charge in [0.2, 0.25) is 0 Å². The average Bonchev–Trinajstić information content (AvgIpc) is 2.85. The Kier molecular flexibility index (Phi) is 3.94. The largest absolute Gasteiger partial charge is 0.121 e. The maximum atomic E-state index is 2.39. The van der Waals surface area contributed by atoms with Crippen molar-refractivity contribution >= 4 is 34.4 Å². The molecule has 0 aromatic heterocycles. The Hall–Kier alpha value is -0.480. The minimum absolute atomic E-state index is 1.07. The van der Waals surface area contributed by atoms with Crippen molar-refractivity contribution in [3.05, 3.63) is 62.7 Å². The van der Waals surface area contributed by atoms with E-state index in [1.165, 1.54) is 33.3 Å². The predicted molar refractivity (Wildman–Crippen MR) is 87.2 cm³/mol. The number of benzene rings is 2. The Balaban J connectivity index is 1.68. The number of halogens is 1. The monoisotopic (exact) mass is 366 g/mol. The van der Waals surface area contributed by atoms with E-state index in [0.717, 1.165) is 5.75 Å². The van der Waals surface area contributed by atoms with Gasteiger partial charge in [-0.2, -0.15) is 0 Å². The summed E-state index contributed by atoms with van der Waals surface area (Å²) in [6.45, 7) is 0. The first-order valence-corrected chi connectivity index (χ1v) is 8.37. The van der Waals surface area contributed by atoms with Crippen LogP contribution in [0.5, 0.6) is 0 Å². The summed E-state index contributed by atoms with van der Waals surface area (Å²) in [6, 6.07) is 15.8. The molecule has 0 aliphatic heterocycles. The molecule has 0 atom stereocenters. The smallest absolute Gasteiger partial charge is 0.0232 e. The Labute approximate surface area is 126 Å². The van der Waals surface area contributed by atoms with Crippen LogP contribution in [-0.2, 0) is 18.6 Å². The fourth-order valence-electron chi connectivity index (χ4n) is 2.39. The summed E-state index contributed by atoms with van der Waals surface area (Å²) in [5.41, 5.74) is 4.54. The van der Waals surface area contributed by atoms with Crippen molar-refractivity contribution in [2.24, 2.45) is 0 Å². The van der Waals surface area contributed by atoms with Gasteiger partial charge in [0, 0.05) is 14.2 Å². The van der Waals surface area contributed by atoms with Crippen LogP contribution in [0.3, 0.4) is 0 Å². The molecular formula is C16H15IS. The highest BCUT2D eigenvalue weighted by Crippen LogP contribution is 2.29. The molecule has 2 aromatic rings. The average molecular weight is 366 g/mol. The lowest BCUT2D eigenvalue weighted by Gasteiger charge is -2.05. The Morgan fingerprint density at radius 2 is 1.72 bits per heavy atom. The number of hydrogen-bond donors (Lipinski definition) is 0. The highest BCUT2D eigenvalue weighted by molar-refractivity contribution is 14.1. The normalized spacial score (nSPS) is 13.6. The van der Waals surface area contributed by atoms with E-state index in [9.17, 15) is 0 Å². The minimum atomic E-state index is 1.07. The lowest BCUT2D eigenvalue weighted by atomic mass is 10.1. The van der Waals surface area contributed by atoms with E-state index >= 15 is 0 Å². The summed E-state index contributed by atoms with van der Waals surface area (Å²) in [5, 5.41) is 0. The predicted octanol–water partition coefficient (Wildman–Crippen LogP) is 5.07. The van der Waals surface area contributed by atoms with Crippen molar-refractivity contribution in [2.75, 3.05) is 0 Å². The van der Waals surface area contributed by atoms with Crippen LogP contribution in [0.25, 0.3) is 0 Å². The van der Waals surface area contributed by atoms with Gasteiger partial charge in [0.05, 0.1) is 0 Å².